The third-order valence-corrected chi connectivity index (χ3v) is 4.44. The van der Waals surface area contributed by atoms with E-state index in [9.17, 15) is 4.79 Å². The van der Waals surface area contributed by atoms with E-state index in [-0.39, 0.29) is 10.7 Å². The first-order valence-corrected chi connectivity index (χ1v) is 8.55. The van der Waals surface area contributed by atoms with Gasteiger partial charge in [0.05, 0.1) is 11.8 Å². The number of aryl methyl sites for hydroxylation is 2. The van der Waals surface area contributed by atoms with Gasteiger partial charge in [0.1, 0.15) is 5.15 Å². The van der Waals surface area contributed by atoms with Gasteiger partial charge in [0.15, 0.2) is 0 Å². The van der Waals surface area contributed by atoms with Gasteiger partial charge in [-0.05, 0) is 51.1 Å². The lowest BCUT2D eigenvalue weighted by Crippen LogP contribution is -2.18. The first kappa shape index (κ1) is 17.9. The number of pyridine rings is 1. The molecule has 0 aliphatic carbocycles. The van der Waals surface area contributed by atoms with Crippen LogP contribution in [0.1, 0.15) is 32.9 Å². The molecule has 0 aliphatic rings. The Morgan fingerprint density at radius 3 is 2.62 bits per heavy atom. The Bertz CT molecular complexity index is 974. The van der Waals surface area contributed by atoms with Crippen LogP contribution in [0.3, 0.4) is 0 Å². The number of benzene rings is 1. The molecule has 0 unspecified atom stereocenters. The maximum atomic E-state index is 12.1. The van der Waals surface area contributed by atoms with E-state index in [1.807, 2.05) is 19.9 Å². The van der Waals surface area contributed by atoms with Gasteiger partial charge in [0, 0.05) is 28.8 Å². The van der Waals surface area contributed by atoms with Crippen LogP contribution in [0, 0.1) is 20.8 Å². The zero-order valence-corrected chi connectivity index (χ0v) is 15.6. The fraction of sp³-hybridized carbons (Fsp3) is 0.150. The summed E-state index contributed by atoms with van der Waals surface area (Å²) in [6.45, 7) is 6.13. The van der Waals surface area contributed by atoms with Crippen molar-refractivity contribution in [1.82, 2.24) is 15.0 Å². The molecule has 0 aliphatic heterocycles. The Balaban J connectivity index is 1.79. The number of hydrogen-bond acceptors (Lipinski definition) is 3. The molecule has 0 saturated heterocycles. The van der Waals surface area contributed by atoms with Gasteiger partial charge in [0.25, 0.3) is 5.91 Å². The number of halogens is 1. The number of amides is 1. The summed E-state index contributed by atoms with van der Waals surface area (Å²) >= 11 is 5.92. The van der Waals surface area contributed by atoms with Crippen molar-refractivity contribution in [3.8, 4) is 5.69 Å². The molecule has 132 valence electrons. The van der Waals surface area contributed by atoms with Crippen LogP contribution in [0.15, 0.2) is 53.8 Å². The van der Waals surface area contributed by atoms with Crippen LogP contribution in [0.5, 0.6) is 0 Å². The summed E-state index contributed by atoms with van der Waals surface area (Å²) in [6.07, 6.45) is 3.16. The maximum Gasteiger partial charge on any atom is 0.274 e. The quantitative estimate of drug-likeness (QED) is 0.427. The van der Waals surface area contributed by atoms with Crippen LogP contribution >= 0.6 is 11.6 Å². The van der Waals surface area contributed by atoms with Crippen LogP contribution in [-0.2, 0) is 0 Å². The second-order valence-corrected chi connectivity index (χ2v) is 6.40. The van der Waals surface area contributed by atoms with E-state index in [4.69, 9.17) is 11.6 Å². The number of aromatic nitrogens is 2. The molecule has 6 heteroatoms. The second-order valence-electron chi connectivity index (χ2n) is 6.04. The summed E-state index contributed by atoms with van der Waals surface area (Å²) in [4.78, 5) is 16.0. The molecule has 0 fully saturated rings. The Hall–Kier alpha value is -2.92. The molecule has 3 rings (SSSR count). The summed E-state index contributed by atoms with van der Waals surface area (Å²) in [6, 6.07) is 13.6. The van der Waals surface area contributed by atoms with Gasteiger partial charge in [-0.25, -0.2) is 10.4 Å². The van der Waals surface area contributed by atoms with Gasteiger partial charge < -0.3 is 4.57 Å². The van der Waals surface area contributed by atoms with E-state index in [0.717, 1.165) is 22.6 Å². The Morgan fingerprint density at radius 2 is 1.92 bits per heavy atom. The third-order valence-electron chi connectivity index (χ3n) is 4.14. The first-order valence-electron chi connectivity index (χ1n) is 8.17. The normalized spacial score (nSPS) is 11.1. The average Bonchev–Trinajstić information content (AvgIpc) is 2.90. The number of nitrogens with zero attached hydrogens (tertiary/aromatic N) is 3. The Kier molecular flexibility index (Phi) is 5.19. The third kappa shape index (κ3) is 3.68. The van der Waals surface area contributed by atoms with Crippen LogP contribution in [0.2, 0.25) is 5.15 Å². The molecule has 5 nitrogen and oxygen atoms in total. The molecule has 2 aromatic heterocycles. The standard InChI is InChI=1S/C20H19ClN4O/c1-13-6-8-17(9-7-13)25-14(2)11-16(15(25)3)12-23-24-20(26)18-5-4-10-22-19(18)21/h4-12H,1-3H3,(H,24,26). The molecule has 0 spiro atoms. The van der Waals surface area contributed by atoms with Gasteiger partial charge in [-0.15, -0.1) is 0 Å². The minimum Gasteiger partial charge on any atom is -0.318 e. The topological polar surface area (TPSA) is 59.3 Å². The zero-order valence-electron chi connectivity index (χ0n) is 14.8. The molecule has 1 aromatic carbocycles. The number of rotatable bonds is 4. The molecular weight excluding hydrogens is 348 g/mol. The molecule has 2 heterocycles. The molecule has 0 radical (unpaired) electrons. The molecule has 0 bridgehead atoms. The number of nitrogens with one attached hydrogen (secondary N) is 1. The number of carbonyl (C=O) groups is 1. The van der Waals surface area contributed by atoms with Crippen molar-refractivity contribution in [2.24, 2.45) is 5.10 Å². The zero-order chi connectivity index (χ0) is 18.7. The monoisotopic (exact) mass is 366 g/mol. The highest BCUT2D eigenvalue weighted by Gasteiger charge is 2.11. The van der Waals surface area contributed by atoms with Gasteiger partial charge >= 0.3 is 0 Å². The minimum atomic E-state index is -0.397. The van der Waals surface area contributed by atoms with Crippen molar-refractivity contribution < 1.29 is 4.79 Å². The van der Waals surface area contributed by atoms with Crippen LogP contribution in [0.25, 0.3) is 5.69 Å². The van der Waals surface area contributed by atoms with Crippen molar-refractivity contribution in [2.75, 3.05) is 0 Å². The van der Waals surface area contributed by atoms with E-state index < -0.39 is 5.91 Å². The van der Waals surface area contributed by atoms with E-state index in [2.05, 4.69) is 51.3 Å². The van der Waals surface area contributed by atoms with E-state index >= 15 is 0 Å². The summed E-state index contributed by atoms with van der Waals surface area (Å²) in [7, 11) is 0. The summed E-state index contributed by atoms with van der Waals surface area (Å²) in [5.41, 5.74) is 8.16. The van der Waals surface area contributed by atoms with Crippen molar-refractivity contribution in [2.45, 2.75) is 20.8 Å². The molecule has 26 heavy (non-hydrogen) atoms. The maximum absolute atomic E-state index is 12.1. The molecule has 0 atom stereocenters. The van der Waals surface area contributed by atoms with Crippen molar-refractivity contribution >= 4 is 23.7 Å². The number of hydrogen-bond donors (Lipinski definition) is 1. The molecular formula is C20H19ClN4O. The fourth-order valence-electron chi connectivity index (χ4n) is 2.79. The Labute approximate surface area is 157 Å². The SMILES string of the molecule is Cc1ccc(-n2c(C)cc(C=NNC(=O)c3cccnc3Cl)c2C)cc1. The number of hydrazone groups is 1. The highest BCUT2D eigenvalue weighted by atomic mass is 35.5. The van der Waals surface area contributed by atoms with Gasteiger partial charge in [-0.3, -0.25) is 4.79 Å². The van der Waals surface area contributed by atoms with Crippen LogP contribution in [-0.4, -0.2) is 21.7 Å². The smallest absolute Gasteiger partial charge is 0.274 e. The van der Waals surface area contributed by atoms with Crippen LogP contribution < -0.4 is 5.43 Å². The van der Waals surface area contributed by atoms with Crippen molar-refractivity contribution in [3.63, 3.8) is 0 Å². The summed E-state index contributed by atoms with van der Waals surface area (Å²) < 4.78 is 2.15. The van der Waals surface area contributed by atoms with Gasteiger partial charge in [-0.2, -0.15) is 5.10 Å². The lowest BCUT2D eigenvalue weighted by atomic mass is 10.2. The first-order chi connectivity index (χ1) is 12.5. The van der Waals surface area contributed by atoms with Gasteiger partial charge in [-0.1, -0.05) is 29.3 Å². The molecule has 1 N–H and O–H groups in total. The van der Waals surface area contributed by atoms with Crippen LogP contribution in [0.4, 0.5) is 0 Å². The van der Waals surface area contributed by atoms with E-state index in [0.29, 0.717) is 0 Å². The van der Waals surface area contributed by atoms with E-state index in [1.54, 1.807) is 18.3 Å². The largest absolute Gasteiger partial charge is 0.318 e. The number of carbonyl (C=O) groups excluding carboxylic acids is 1. The molecule has 1 amide bonds. The fourth-order valence-corrected chi connectivity index (χ4v) is 2.99. The Morgan fingerprint density at radius 1 is 1.19 bits per heavy atom. The lowest BCUT2D eigenvalue weighted by molar-refractivity contribution is 0.0955. The predicted molar refractivity (Wildman–Crippen MR) is 104 cm³/mol. The highest BCUT2D eigenvalue weighted by molar-refractivity contribution is 6.32. The summed E-state index contributed by atoms with van der Waals surface area (Å²) in [5.74, 6) is -0.397. The van der Waals surface area contributed by atoms with Crippen molar-refractivity contribution in [1.29, 1.82) is 0 Å². The highest BCUT2D eigenvalue weighted by Crippen LogP contribution is 2.20. The predicted octanol–water partition coefficient (Wildman–Crippen LogP) is 4.21. The lowest BCUT2D eigenvalue weighted by Gasteiger charge is -2.09. The summed E-state index contributed by atoms with van der Waals surface area (Å²) in [5, 5.41) is 4.21. The van der Waals surface area contributed by atoms with Crippen molar-refractivity contribution in [3.05, 3.63) is 81.9 Å². The van der Waals surface area contributed by atoms with Gasteiger partial charge in [0.2, 0.25) is 0 Å². The minimum absolute atomic E-state index is 0.151. The molecule has 0 saturated carbocycles. The van der Waals surface area contributed by atoms with E-state index in [1.165, 1.54) is 11.8 Å². The average molecular weight is 367 g/mol. The second kappa shape index (κ2) is 7.54. The molecule has 3 aromatic rings.